The summed E-state index contributed by atoms with van der Waals surface area (Å²) < 4.78 is 1.87. The molecular weight excluding hydrogens is 326 g/mol. The molecule has 0 fully saturated rings. The van der Waals surface area contributed by atoms with E-state index in [0.29, 0.717) is 5.69 Å². The third-order valence-corrected chi connectivity index (χ3v) is 4.72. The largest absolute Gasteiger partial charge is 0.380 e. The van der Waals surface area contributed by atoms with Crippen LogP contribution in [0.5, 0.6) is 0 Å². The number of aromatic nitrogens is 5. The third-order valence-electron chi connectivity index (χ3n) is 4.72. The topological polar surface area (TPSA) is 87.1 Å². The molecule has 0 amide bonds. The number of rotatable bonds is 2. The summed E-state index contributed by atoms with van der Waals surface area (Å²) in [5.74, 6) is 0. The number of pyridine rings is 2. The number of nitrogens with one attached hydrogen (secondary N) is 1. The van der Waals surface area contributed by atoms with Crippen molar-refractivity contribution in [2.24, 2.45) is 0 Å². The van der Waals surface area contributed by atoms with E-state index in [1.165, 1.54) is 0 Å². The lowest BCUT2D eigenvalue weighted by molar-refractivity contribution is -0.308. The lowest BCUT2D eigenvalue weighted by Gasteiger charge is -2.32. The maximum absolute atomic E-state index is 9.19. The van der Waals surface area contributed by atoms with Crippen LogP contribution in [0.3, 0.4) is 0 Å². The van der Waals surface area contributed by atoms with Crippen molar-refractivity contribution in [2.75, 3.05) is 11.4 Å². The predicted octanol–water partition coefficient (Wildman–Crippen LogP) is 1.48. The monoisotopic (exact) mass is 340 g/mol. The minimum absolute atomic E-state index is 0.143. The van der Waals surface area contributed by atoms with Gasteiger partial charge in [-0.05, 0) is 30.3 Å². The molecular formula is C19H14N7+. The Morgan fingerprint density at radius 2 is 2.27 bits per heavy atom. The molecule has 26 heavy (non-hydrogen) atoms. The summed E-state index contributed by atoms with van der Waals surface area (Å²) >= 11 is 0. The van der Waals surface area contributed by atoms with Gasteiger partial charge in [-0.1, -0.05) is 6.07 Å². The Labute approximate surface area is 149 Å². The first kappa shape index (κ1) is 14.5. The lowest BCUT2D eigenvalue weighted by atomic mass is 9.99. The summed E-state index contributed by atoms with van der Waals surface area (Å²) in [6, 6.07) is 13.8. The molecule has 7 heteroatoms. The molecule has 0 spiro atoms. The van der Waals surface area contributed by atoms with E-state index in [9.17, 15) is 5.26 Å². The van der Waals surface area contributed by atoms with Gasteiger partial charge in [0, 0.05) is 31.0 Å². The van der Waals surface area contributed by atoms with E-state index in [2.05, 4.69) is 38.3 Å². The van der Waals surface area contributed by atoms with Crippen LogP contribution in [0.25, 0.3) is 5.52 Å². The molecule has 0 saturated heterocycles. The van der Waals surface area contributed by atoms with Gasteiger partial charge in [0.2, 0.25) is 0 Å². The molecule has 0 unspecified atom stereocenters. The van der Waals surface area contributed by atoms with Crippen molar-refractivity contribution in [3.8, 4) is 6.07 Å². The highest BCUT2D eigenvalue weighted by Gasteiger charge is 2.38. The number of nitriles is 1. The average Bonchev–Trinajstić information content (AvgIpc) is 3.33. The Kier molecular flexibility index (Phi) is 3.13. The maximum atomic E-state index is 9.19. The van der Waals surface area contributed by atoms with Crippen LogP contribution < -0.4 is 9.88 Å². The molecule has 7 nitrogen and oxygen atoms in total. The Balaban J connectivity index is 1.67. The average molecular weight is 340 g/mol. The molecule has 4 aromatic rings. The van der Waals surface area contributed by atoms with Gasteiger partial charge in [-0.15, -0.1) is 0 Å². The third kappa shape index (κ3) is 2.19. The van der Waals surface area contributed by atoms with Crippen LogP contribution in [-0.4, -0.2) is 26.1 Å². The standard InChI is InChI=1S/C19H13N7/c20-11-13-9-14(4-6-21-13)25-8-5-16-18(23-12-22-16)19(25)17-10-15-3-1-2-7-26(15)24-17/h1-4,6-7,9-10,19H,5,8H2/p+1/t19-/m1/s1. The predicted molar refractivity (Wildman–Crippen MR) is 92.3 cm³/mol. The molecule has 0 bridgehead atoms. The first-order valence-corrected chi connectivity index (χ1v) is 8.35. The SMILES string of the molecule is N#Cc1cc(N2CCc3[nH]c#[n+]c3[C@H]2c2cc3ccccn3n2)ccn1. The molecule has 0 aromatic carbocycles. The van der Waals surface area contributed by atoms with Crippen LogP contribution in [0, 0.1) is 17.7 Å². The maximum Gasteiger partial charge on any atom is 0.380 e. The Bertz CT molecular complexity index is 1100. The molecule has 5 heterocycles. The van der Waals surface area contributed by atoms with Crippen LogP contribution in [0.2, 0.25) is 0 Å². The molecule has 0 saturated carbocycles. The van der Waals surface area contributed by atoms with Crippen molar-refractivity contribution in [2.45, 2.75) is 12.5 Å². The van der Waals surface area contributed by atoms with Crippen molar-refractivity contribution in [1.82, 2.24) is 19.6 Å². The zero-order valence-corrected chi connectivity index (χ0v) is 13.8. The van der Waals surface area contributed by atoms with E-state index in [4.69, 9.17) is 5.10 Å². The van der Waals surface area contributed by atoms with E-state index in [0.717, 1.165) is 41.3 Å². The van der Waals surface area contributed by atoms with Crippen LogP contribution >= 0.6 is 0 Å². The molecule has 4 aromatic heterocycles. The fourth-order valence-electron chi connectivity index (χ4n) is 3.54. The number of aromatic amines is 1. The minimum atomic E-state index is -0.143. The van der Waals surface area contributed by atoms with E-state index in [1.807, 2.05) is 41.0 Å². The zero-order valence-electron chi connectivity index (χ0n) is 13.8. The number of anilines is 1. The zero-order chi connectivity index (χ0) is 17.5. The summed E-state index contributed by atoms with van der Waals surface area (Å²) in [5, 5.41) is 14.0. The highest BCUT2D eigenvalue weighted by Crippen LogP contribution is 2.35. The molecule has 1 aliphatic rings. The van der Waals surface area contributed by atoms with Crippen molar-refractivity contribution >= 4 is 11.2 Å². The first-order chi connectivity index (χ1) is 12.8. The van der Waals surface area contributed by atoms with E-state index >= 15 is 0 Å². The molecule has 0 radical (unpaired) electrons. The van der Waals surface area contributed by atoms with Gasteiger partial charge in [0.25, 0.3) is 5.69 Å². The second-order valence-corrected chi connectivity index (χ2v) is 6.21. The van der Waals surface area contributed by atoms with E-state index in [-0.39, 0.29) is 6.04 Å². The smallest absolute Gasteiger partial charge is 0.354 e. The van der Waals surface area contributed by atoms with Crippen LogP contribution in [0.1, 0.15) is 28.8 Å². The van der Waals surface area contributed by atoms with Gasteiger partial charge in [0.1, 0.15) is 11.8 Å². The van der Waals surface area contributed by atoms with Crippen LogP contribution in [0.15, 0.2) is 48.8 Å². The number of fused-ring (bicyclic) bond motifs is 2. The van der Waals surface area contributed by atoms with Crippen molar-refractivity contribution < 1.29 is 4.98 Å². The Hall–Kier alpha value is -3.84. The quantitative estimate of drug-likeness (QED) is 0.597. The molecule has 0 aliphatic carbocycles. The number of hydrogen-bond donors (Lipinski definition) is 1. The fourth-order valence-corrected chi connectivity index (χ4v) is 3.54. The van der Waals surface area contributed by atoms with Gasteiger partial charge in [0.05, 0.1) is 11.2 Å². The fraction of sp³-hybridized carbons (Fsp3) is 0.158. The normalized spacial score (nSPS) is 16.1. The Morgan fingerprint density at radius 1 is 1.31 bits per heavy atom. The van der Waals surface area contributed by atoms with Gasteiger partial charge in [0.15, 0.2) is 11.7 Å². The van der Waals surface area contributed by atoms with Gasteiger partial charge in [-0.3, -0.25) is 0 Å². The second kappa shape index (κ2) is 5.61. The van der Waals surface area contributed by atoms with Gasteiger partial charge < -0.3 is 4.90 Å². The van der Waals surface area contributed by atoms with Crippen molar-refractivity contribution in [1.29, 1.82) is 5.26 Å². The summed E-state index contributed by atoms with van der Waals surface area (Å²) in [4.78, 5) is 13.9. The van der Waals surface area contributed by atoms with E-state index < -0.39 is 0 Å². The first-order valence-electron chi connectivity index (χ1n) is 8.35. The summed E-state index contributed by atoms with van der Waals surface area (Å²) in [7, 11) is 0. The number of H-pyrrole nitrogens is 1. The van der Waals surface area contributed by atoms with Gasteiger partial charge in [-0.25, -0.2) is 9.50 Å². The number of nitrogens with zero attached hydrogens (tertiary/aromatic N) is 6. The van der Waals surface area contributed by atoms with Crippen molar-refractivity contribution in [3.63, 3.8) is 0 Å². The Morgan fingerprint density at radius 3 is 3.15 bits per heavy atom. The minimum Gasteiger partial charge on any atom is -0.354 e. The molecule has 1 N–H and O–H groups in total. The lowest BCUT2D eigenvalue weighted by Crippen LogP contribution is -2.38. The molecule has 124 valence electrons. The summed E-state index contributed by atoms with van der Waals surface area (Å²) in [6.07, 6.45) is 7.30. The van der Waals surface area contributed by atoms with E-state index in [1.54, 1.807) is 6.20 Å². The number of hydrogen-bond acceptors (Lipinski definition) is 4. The highest BCUT2D eigenvalue weighted by atomic mass is 15.3. The molecule has 5 rings (SSSR count). The summed E-state index contributed by atoms with van der Waals surface area (Å²) in [6.45, 7) is 0.788. The molecule has 1 aliphatic heterocycles. The highest BCUT2D eigenvalue weighted by molar-refractivity contribution is 5.56. The van der Waals surface area contributed by atoms with Gasteiger partial charge in [-0.2, -0.15) is 20.3 Å². The second-order valence-electron chi connectivity index (χ2n) is 6.21. The van der Waals surface area contributed by atoms with Crippen LogP contribution in [0.4, 0.5) is 5.69 Å². The van der Waals surface area contributed by atoms with Crippen LogP contribution in [-0.2, 0) is 6.42 Å². The summed E-state index contributed by atoms with van der Waals surface area (Å²) in [5.41, 5.74) is 5.28. The molecule has 1 atom stereocenters. The van der Waals surface area contributed by atoms with Crippen molar-refractivity contribution in [3.05, 3.63) is 77.9 Å². The van der Waals surface area contributed by atoms with Gasteiger partial charge >= 0.3 is 6.33 Å².